The summed E-state index contributed by atoms with van der Waals surface area (Å²) < 4.78 is 23.2. The first-order chi connectivity index (χ1) is 35.8. The van der Waals surface area contributed by atoms with E-state index in [1.165, 1.54) is 154 Å². The van der Waals surface area contributed by atoms with Gasteiger partial charge in [0.15, 0.2) is 12.6 Å². The summed E-state index contributed by atoms with van der Waals surface area (Å²) in [5.74, 6) is -1.37. The second-order valence-corrected chi connectivity index (χ2v) is 21.8. The average Bonchev–Trinajstić information content (AvgIpc) is 3.39. The van der Waals surface area contributed by atoms with Gasteiger partial charge in [-0.2, -0.15) is 0 Å². The fourth-order valence-electron chi connectivity index (χ4n) is 10.3. The third-order valence-corrected chi connectivity index (χ3v) is 15.2. The predicted molar refractivity (Wildman–Crippen MR) is 287 cm³/mol. The molecule has 0 bridgehead atoms. The van der Waals surface area contributed by atoms with Crippen molar-refractivity contribution < 1.29 is 74.5 Å². The molecule has 2 saturated heterocycles. The molecular formula is C57H110N2O15. The van der Waals surface area contributed by atoms with E-state index < -0.39 is 117 Å². The van der Waals surface area contributed by atoms with Crippen molar-refractivity contribution in [2.75, 3.05) is 19.8 Å². The first-order valence-corrected chi connectivity index (χ1v) is 29.9. The fraction of sp³-hybridized carbons (Fsp3) is 0.965. The molecule has 11 N–H and O–H groups in total. The molecule has 74 heavy (non-hydrogen) atoms. The number of hydrogen-bond acceptors (Lipinski definition) is 15. The molecule has 2 aliphatic heterocycles. The molecule has 0 radical (unpaired) electrons. The summed E-state index contributed by atoms with van der Waals surface area (Å²) >= 11 is 0. The number of ether oxygens (including phenoxy) is 4. The number of unbranched alkanes of at least 4 members (excludes halogenated alkanes) is 31. The average molecular weight is 1060 g/mol. The molecule has 438 valence electrons. The van der Waals surface area contributed by atoms with E-state index in [2.05, 4.69) is 24.5 Å². The lowest BCUT2D eigenvalue weighted by Crippen LogP contribution is -2.67. The van der Waals surface area contributed by atoms with Crippen LogP contribution in [0.3, 0.4) is 0 Å². The Bertz CT molecular complexity index is 1350. The number of amides is 2. The summed E-state index contributed by atoms with van der Waals surface area (Å²) in [5, 5.41) is 102. The highest BCUT2D eigenvalue weighted by molar-refractivity contribution is 5.80. The van der Waals surface area contributed by atoms with E-state index >= 15 is 0 Å². The van der Waals surface area contributed by atoms with Crippen molar-refractivity contribution in [1.82, 2.24) is 10.6 Å². The summed E-state index contributed by atoms with van der Waals surface area (Å²) in [5.41, 5.74) is 0. The molecule has 0 saturated carbocycles. The number of hydrogen-bond donors (Lipinski definition) is 11. The van der Waals surface area contributed by atoms with Crippen LogP contribution >= 0.6 is 0 Å². The van der Waals surface area contributed by atoms with Gasteiger partial charge in [-0.25, -0.2) is 0 Å². The molecule has 2 fully saturated rings. The zero-order valence-electron chi connectivity index (χ0n) is 46.4. The maximum Gasteiger partial charge on any atom is 0.249 e. The van der Waals surface area contributed by atoms with Crippen molar-refractivity contribution in [3.63, 3.8) is 0 Å². The van der Waals surface area contributed by atoms with Gasteiger partial charge < -0.3 is 75.5 Å². The molecule has 0 aromatic carbocycles. The highest BCUT2D eigenvalue weighted by Gasteiger charge is 2.51. The Morgan fingerprint density at radius 1 is 0.500 bits per heavy atom. The molecule has 0 aromatic heterocycles. The highest BCUT2D eigenvalue weighted by atomic mass is 16.7. The monoisotopic (exact) mass is 1060 g/mol. The predicted octanol–water partition coefficient (Wildman–Crippen LogP) is 7.03. The Morgan fingerprint density at radius 3 is 1.30 bits per heavy atom. The minimum absolute atomic E-state index is 0.203. The second-order valence-electron chi connectivity index (χ2n) is 21.8. The van der Waals surface area contributed by atoms with E-state index in [0.29, 0.717) is 12.8 Å². The molecule has 0 aliphatic carbocycles. The number of aliphatic hydroxyl groups excluding tert-OH is 9. The van der Waals surface area contributed by atoms with Crippen molar-refractivity contribution in [3.05, 3.63) is 0 Å². The van der Waals surface area contributed by atoms with Gasteiger partial charge in [-0.05, 0) is 12.8 Å². The molecule has 0 aromatic rings. The SMILES string of the molecule is CCCCCCCCCCCCCCCCCCCCC[C@@H](O)C(=O)N[C@@H](CO[C@H]1O[C@H](CO)[C@H](O[C@H]2O[C@H](CO)[C@@H](O)[C@H](O)[C@H]2NC(C)=O)[C@H](O)[C@H]1O)[C@H](O)[C@H](O)CCCCCCCCCCCCCCCC. The van der Waals surface area contributed by atoms with Crippen LogP contribution in [-0.4, -0.2) is 163 Å². The minimum atomic E-state index is -1.86. The molecule has 2 aliphatic rings. The van der Waals surface area contributed by atoms with Crippen molar-refractivity contribution in [3.8, 4) is 0 Å². The quantitative estimate of drug-likeness (QED) is 0.0273. The number of carbonyl (C=O) groups excluding carboxylic acids is 2. The number of rotatable bonds is 47. The lowest BCUT2D eigenvalue weighted by Gasteiger charge is -2.47. The number of carbonyl (C=O) groups is 2. The molecule has 0 spiro atoms. The van der Waals surface area contributed by atoms with Gasteiger partial charge >= 0.3 is 0 Å². The summed E-state index contributed by atoms with van der Waals surface area (Å²) in [4.78, 5) is 25.4. The van der Waals surface area contributed by atoms with Crippen molar-refractivity contribution in [1.29, 1.82) is 0 Å². The van der Waals surface area contributed by atoms with Crippen LogP contribution in [-0.2, 0) is 28.5 Å². The molecule has 17 heteroatoms. The second kappa shape index (κ2) is 43.3. The Balaban J connectivity index is 1.90. The Morgan fingerprint density at radius 2 is 0.892 bits per heavy atom. The van der Waals surface area contributed by atoms with Crippen molar-refractivity contribution >= 4 is 11.8 Å². The molecule has 0 unspecified atom stereocenters. The maximum absolute atomic E-state index is 13.4. The summed E-state index contributed by atoms with van der Waals surface area (Å²) in [6.07, 6.45) is 21.5. The Kier molecular flexibility index (Phi) is 40.1. The van der Waals surface area contributed by atoms with Crippen molar-refractivity contribution in [2.45, 2.75) is 331 Å². The summed E-state index contributed by atoms with van der Waals surface area (Å²) in [7, 11) is 0. The third-order valence-electron chi connectivity index (χ3n) is 15.2. The van der Waals surface area contributed by atoms with Gasteiger partial charge in [-0.3, -0.25) is 9.59 Å². The van der Waals surface area contributed by atoms with Crippen LogP contribution in [0.5, 0.6) is 0 Å². The van der Waals surface area contributed by atoms with Gasteiger partial charge in [-0.1, -0.05) is 226 Å². The van der Waals surface area contributed by atoms with Gasteiger partial charge in [0.05, 0.1) is 32.0 Å². The number of nitrogens with one attached hydrogen (secondary N) is 2. The fourth-order valence-corrected chi connectivity index (χ4v) is 10.3. The molecule has 2 amide bonds. The van der Waals surface area contributed by atoms with Crippen molar-refractivity contribution in [2.24, 2.45) is 0 Å². The van der Waals surface area contributed by atoms with Gasteiger partial charge in [0.2, 0.25) is 11.8 Å². The zero-order valence-corrected chi connectivity index (χ0v) is 46.4. The van der Waals surface area contributed by atoms with E-state index in [4.69, 9.17) is 18.9 Å². The topological polar surface area (TPSA) is 277 Å². The first-order valence-electron chi connectivity index (χ1n) is 29.9. The van der Waals surface area contributed by atoms with Crippen LogP contribution in [0.25, 0.3) is 0 Å². The van der Waals surface area contributed by atoms with Crippen LogP contribution in [0.1, 0.15) is 245 Å². The summed E-state index contributed by atoms with van der Waals surface area (Å²) in [6, 6.07) is -2.67. The van der Waals surface area contributed by atoms with Gasteiger partial charge in [0.1, 0.15) is 61.0 Å². The van der Waals surface area contributed by atoms with Crippen LogP contribution in [0.2, 0.25) is 0 Å². The first kappa shape index (κ1) is 68.5. The third kappa shape index (κ3) is 28.9. The minimum Gasteiger partial charge on any atom is -0.394 e. The van der Waals surface area contributed by atoms with E-state index in [9.17, 15) is 55.5 Å². The van der Waals surface area contributed by atoms with Crippen LogP contribution in [0.15, 0.2) is 0 Å². The molecule has 2 heterocycles. The Hall–Kier alpha value is -1.58. The number of aliphatic hydroxyl groups is 9. The van der Waals surface area contributed by atoms with E-state index in [0.717, 1.165) is 51.9 Å². The summed E-state index contributed by atoms with van der Waals surface area (Å²) in [6.45, 7) is 3.60. The molecule has 2 rings (SSSR count). The van der Waals surface area contributed by atoms with Gasteiger partial charge in [-0.15, -0.1) is 0 Å². The van der Waals surface area contributed by atoms with E-state index in [-0.39, 0.29) is 12.8 Å². The molecule has 17 nitrogen and oxygen atoms in total. The Labute approximate surface area is 446 Å². The normalized spacial score (nSPS) is 25.9. The van der Waals surface area contributed by atoms with E-state index in [1.54, 1.807) is 0 Å². The van der Waals surface area contributed by atoms with Crippen LogP contribution in [0.4, 0.5) is 0 Å². The van der Waals surface area contributed by atoms with Gasteiger partial charge in [0.25, 0.3) is 0 Å². The highest BCUT2D eigenvalue weighted by Crippen LogP contribution is 2.30. The standard InChI is InChI=1S/C57H110N2O15/c1-4-6-8-10-12-14-16-18-20-21-22-23-24-26-28-30-32-34-36-38-45(64)55(70)59-43(49(65)44(63)37-35-33-31-29-27-25-19-17-15-13-11-9-7-5-2)41-71-57-53(69)52(68)54(47(40-61)73-57)74-56-48(58-42(3)62)51(67)50(66)46(39-60)72-56/h43-54,56-57,60-61,63-69H,4-41H2,1-3H3,(H,58,62)(H,59,70)/t43-,44+,45+,46+,47+,48+,49-,50+,51+,52+,53+,54-,56+,57-/m0/s1. The molecule has 14 atom stereocenters. The smallest absolute Gasteiger partial charge is 0.249 e. The van der Waals surface area contributed by atoms with Crippen LogP contribution < -0.4 is 10.6 Å². The van der Waals surface area contributed by atoms with E-state index in [1.807, 2.05) is 0 Å². The lowest BCUT2D eigenvalue weighted by molar-refractivity contribution is -0.347. The zero-order chi connectivity index (χ0) is 54.4. The maximum atomic E-state index is 13.4. The largest absolute Gasteiger partial charge is 0.394 e. The lowest BCUT2D eigenvalue weighted by atomic mass is 9.95. The van der Waals surface area contributed by atoms with Crippen LogP contribution in [0, 0.1) is 0 Å². The van der Waals surface area contributed by atoms with Gasteiger partial charge in [0, 0.05) is 6.92 Å². The molecular weight excluding hydrogens is 953 g/mol.